The van der Waals surface area contributed by atoms with Gasteiger partial charge in [0.15, 0.2) is 0 Å². The molecule has 2 N–H and O–H groups in total. The lowest BCUT2D eigenvalue weighted by Crippen LogP contribution is -2.12. The first-order valence-electron chi connectivity index (χ1n) is 6.05. The number of rotatable bonds is 3. The van der Waals surface area contributed by atoms with Gasteiger partial charge in [-0.05, 0) is 28.1 Å². The fourth-order valence-corrected chi connectivity index (χ4v) is 3.72. The van der Waals surface area contributed by atoms with Crippen molar-refractivity contribution in [2.75, 3.05) is 0 Å². The van der Waals surface area contributed by atoms with Crippen molar-refractivity contribution >= 4 is 38.2 Å². The van der Waals surface area contributed by atoms with Crippen molar-refractivity contribution in [2.24, 2.45) is 12.8 Å². The van der Waals surface area contributed by atoms with Crippen LogP contribution in [0.4, 0.5) is 0 Å². The maximum atomic E-state index is 6.28. The molecule has 0 aliphatic rings. The topological polar surface area (TPSA) is 43.8 Å². The summed E-state index contributed by atoms with van der Waals surface area (Å²) < 4.78 is 3.01. The van der Waals surface area contributed by atoms with Gasteiger partial charge < -0.3 is 5.73 Å². The summed E-state index contributed by atoms with van der Waals surface area (Å²) >= 11 is 5.15. The lowest BCUT2D eigenvalue weighted by Gasteiger charge is -2.07. The Balaban J connectivity index is 1.93. The summed E-state index contributed by atoms with van der Waals surface area (Å²) in [5.41, 5.74) is 8.50. The molecule has 0 amide bonds. The Morgan fingerprint density at radius 2 is 2.21 bits per heavy atom. The Kier molecular flexibility index (Phi) is 3.43. The summed E-state index contributed by atoms with van der Waals surface area (Å²) in [6.45, 7) is 0. The molecule has 1 atom stereocenters. The van der Waals surface area contributed by atoms with E-state index in [-0.39, 0.29) is 6.04 Å². The van der Waals surface area contributed by atoms with Crippen LogP contribution in [0.25, 0.3) is 10.9 Å². The van der Waals surface area contributed by atoms with Crippen molar-refractivity contribution in [3.63, 3.8) is 0 Å². The monoisotopic (exact) mass is 335 g/mol. The van der Waals surface area contributed by atoms with Crippen LogP contribution < -0.4 is 5.73 Å². The maximum Gasteiger partial charge on any atom is 0.0722 e. The van der Waals surface area contributed by atoms with Crippen molar-refractivity contribution in [1.82, 2.24) is 9.78 Å². The third-order valence-corrected chi connectivity index (χ3v) is 5.03. The van der Waals surface area contributed by atoms with Crippen LogP contribution in [0.1, 0.15) is 16.6 Å². The van der Waals surface area contributed by atoms with E-state index < -0.39 is 0 Å². The number of aryl methyl sites for hydroxylation is 1. The molecule has 0 aliphatic carbocycles. The fraction of sp³-hybridized carbons (Fsp3) is 0.214. The average Bonchev–Trinajstić information content (AvgIpc) is 2.96. The van der Waals surface area contributed by atoms with Crippen molar-refractivity contribution in [1.29, 1.82) is 0 Å². The van der Waals surface area contributed by atoms with E-state index in [4.69, 9.17) is 5.73 Å². The number of halogens is 1. The highest BCUT2D eigenvalue weighted by Gasteiger charge is 2.14. The summed E-state index contributed by atoms with van der Waals surface area (Å²) in [4.78, 5) is 1.18. The maximum absolute atomic E-state index is 6.28. The molecule has 2 aromatic heterocycles. The van der Waals surface area contributed by atoms with Crippen molar-refractivity contribution in [3.05, 3.63) is 50.8 Å². The van der Waals surface area contributed by atoms with Crippen LogP contribution in [0.3, 0.4) is 0 Å². The van der Waals surface area contributed by atoms with Crippen LogP contribution in [-0.2, 0) is 13.5 Å². The molecule has 0 bridgehead atoms. The molecule has 19 heavy (non-hydrogen) atoms. The van der Waals surface area contributed by atoms with Gasteiger partial charge >= 0.3 is 0 Å². The van der Waals surface area contributed by atoms with Gasteiger partial charge in [0.2, 0.25) is 0 Å². The molecule has 0 radical (unpaired) electrons. The van der Waals surface area contributed by atoms with E-state index in [1.54, 1.807) is 11.3 Å². The van der Waals surface area contributed by atoms with Crippen LogP contribution in [0, 0.1) is 0 Å². The van der Waals surface area contributed by atoms with Crippen molar-refractivity contribution in [3.8, 4) is 0 Å². The van der Waals surface area contributed by atoms with Crippen LogP contribution in [-0.4, -0.2) is 9.78 Å². The van der Waals surface area contributed by atoms with Gasteiger partial charge in [-0.15, -0.1) is 11.3 Å². The van der Waals surface area contributed by atoms with E-state index >= 15 is 0 Å². The second kappa shape index (κ2) is 5.07. The van der Waals surface area contributed by atoms with E-state index in [1.165, 1.54) is 10.3 Å². The molecule has 3 nitrogen and oxygen atoms in total. The quantitative estimate of drug-likeness (QED) is 0.794. The number of benzene rings is 1. The van der Waals surface area contributed by atoms with Gasteiger partial charge in [0.25, 0.3) is 0 Å². The lowest BCUT2D eigenvalue weighted by molar-refractivity contribution is 0.691. The van der Waals surface area contributed by atoms with E-state index in [0.717, 1.165) is 22.1 Å². The largest absolute Gasteiger partial charge is 0.323 e. The number of para-hydroxylation sites is 1. The van der Waals surface area contributed by atoms with Crippen molar-refractivity contribution < 1.29 is 0 Å². The van der Waals surface area contributed by atoms with E-state index in [1.807, 2.05) is 23.9 Å². The number of fused-ring (bicyclic) bond motifs is 1. The Hall–Kier alpha value is -1.17. The molecular formula is C14H14BrN3S. The number of thiophene rings is 1. The van der Waals surface area contributed by atoms with Gasteiger partial charge in [0, 0.05) is 39.6 Å². The molecule has 1 unspecified atom stereocenters. The zero-order valence-electron chi connectivity index (χ0n) is 10.5. The predicted molar refractivity (Wildman–Crippen MR) is 83.4 cm³/mol. The fourth-order valence-electron chi connectivity index (χ4n) is 2.27. The third-order valence-electron chi connectivity index (χ3n) is 3.20. The van der Waals surface area contributed by atoms with Crippen LogP contribution >= 0.6 is 27.3 Å². The number of hydrogen-bond acceptors (Lipinski definition) is 3. The summed E-state index contributed by atoms with van der Waals surface area (Å²) in [6, 6.07) is 10.3. The van der Waals surface area contributed by atoms with E-state index in [9.17, 15) is 0 Å². The Bertz CT molecular complexity index is 716. The summed E-state index contributed by atoms with van der Waals surface area (Å²) in [5.74, 6) is 0. The molecule has 1 aromatic carbocycles. The van der Waals surface area contributed by atoms with Crippen LogP contribution in [0.15, 0.2) is 40.2 Å². The molecule has 0 fully saturated rings. The summed E-state index contributed by atoms with van der Waals surface area (Å²) in [5, 5.41) is 7.84. The number of nitrogens with two attached hydrogens (primary N) is 1. The standard InChI is InChI=1S/C14H14BrN3S/c1-18-13-5-3-2-4-10(13)12(17-18)7-11(16)14-6-9(15)8-19-14/h2-6,8,11H,7,16H2,1H3. The Morgan fingerprint density at radius 3 is 2.95 bits per heavy atom. The normalized spacial score (nSPS) is 13.0. The number of hydrogen-bond donors (Lipinski definition) is 1. The minimum absolute atomic E-state index is 0.00499. The average molecular weight is 336 g/mol. The van der Waals surface area contributed by atoms with Gasteiger partial charge in [0.1, 0.15) is 0 Å². The minimum Gasteiger partial charge on any atom is -0.323 e. The molecule has 3 rings (SSSR count). The van der Waals surface area contributed by atoms with Gasteiger partial charge in [-0.25, -0.2) is 0 Å². The van der Waals surface area contributed by atoms with Crippen molar-refractivity contribution in [2.45, 2.75) is 12.5 Å². The molecule has 0 aliphatic heterocycles. The smallest absolute Gasteiger partial charge is 0.0722 e. The predicted octanol–water partition coefficient (Wildman–Crippen LogP) is 3.64. The second-order valence-corrected chi connectivity index (χ2v) is 6.42. The highest BCUT2D eigenvalue weighted by Crippen LogP contribution is 2.28. The van der Waals surface area contributed by atoms with E-state index in [0.29, 0.717) is 0 Å². The van der Waals surface area contributed by atoms with Gasteiger partial charge in [-0.1, -0.05) is 18.2 Å². The molecule has 98 valence electrons. The summed E-state index contributed by atoms with van der Waals surface area (Å²) in [7, 11) is 1.97. The first kappa shape index (κ1) is 12.8. The first-order valence-corrected chi connectivity index (χ1v) is 7.72. The molecule has 0 saturated carbocycles. The summed E-state index contributed by atoms with van der Waals surface area (Å²) in [6.07, 6.45) is 0.758. The van der Waals surface area contributed by atoms with Crippen LogP contribution in [0.2, 0.25) is 0 Å². The molecule has 2 heterocycles. The molecular weight excluding hydrogens is 322 g/mol. The van der Waals surface area contributed by atoms with Gasteiger partial charge in [0.05, 0.1) is 11.2 Å². The Morgan fingerprint density at radius 1 is 1.42 bits per heavy atom. The number of nitrogens with zero attached hydrogens (tertiary/aromatic N) is 2. The second-order valence-electron chi connectivity index (χ2n) is 4.57. The number of aromatic nitrogens is 2. The Labute approximate surface area is 124 Å². The lowest BCUT2D eigenvalue weighted by atomic mass is 10.1. The zero-order chi connectivity index (χ0) is 13.4. The molecule has 3 aromatic rings. The minimum atomic E-state index is -0.00499. The molecule has 5 heteroatoms. The zero-order valence-corrected chi connectivity index (χ0v) is 12.9. The highest BCUT2D eigenvalue weighted by molar-refractivity contribution is 9.10. The van der Waals surface area contributed by atoms with Crippen LogP contribution in [0.5, 0.6) is 0 Å². The molecule has 0 spiro atoms. The third kappa shape index (κ3) is 2.45. The first-order chi connectivity index (χ1) is 9.15. The van der Waals surface area contributed by atoms with Gasteiger partial charge in [-0.2, -0.15) is 5.10 Å². The SMILES string of the molecule is Cn1nc(CC(N)c2cc(Br)cs2)c2ccccc21. The molecule has 0 saturated heterocycles. The van der Waals surface area contributed by atoms with Gasteiger partial charge in [-0.3, -0.25) is 4.68 Å². The highest BCUT2D eigenvalue weighted by atomic mass is 79.9. The van der Waals surface area contributed by atoms with E-state index in [2.05, 4.69) is 44.6 Å².